The second kappa shape index (κ2) is 6.31. The van der Waals surface area contributed by atoms with Crippen LogP contribution in [0.5, 0.6) is 0 Å². The van der Waals surface area contributed by atoms with E-state index in [2.05, 4.69) is 74.0 Å². The fraction of sp³-hybridized carbons (Fsp3) is 0.120. The molecule has 3 aromatic carbocycles. The molecule has 0 aliphatic rings. The van der Waals surface area contributed by atoms with Crippen molar-refractivity contribution in [3.05, 3.63) is 89.6 Å². The number of fused-ring (bicyclic) bond motifs is 3. The van der Waals surface area contributed by atoms with Gasteiger partial charge in [-0.1, -0.05) is 48.0 Å². The van der Waals surface area contributed by atoms with E-state index >= 15 is 0 Å². The maximum absolute atomic E-state index is 5.04. The van der Waals surface area contributed by atoms with Crippen LogP contribution in [0, 0.1) is 20.8 Å². The minimum absolute atomic E-state index is 0.964. The number of rotatable bonds is 2. The molecular formula is C25H21N3. The van der Waals surface area contributed by atoms with Crippen LogP contribution in [-0.4, -0.2) is 14.8 Å². The number of pyridine rings is 1. The Morgan fingerprint density at radius 1 is 0.750 bits per heavy atom. The van der Waals surface area contributed by atoms with E-state index in [1.807, 2.05) is 24.4 Å². The van der Waals surface area contributed by atoms with Crippen molar-refractivity contribution in [2.24, 2.45) is 0 Å². The molecule has 136 valence electrons. The zero-order chi connectivity index (χ0) is 19.3. The molecule has 0 amide bonds. The van der Waals surface area contributed by atoms with Gasteiger partial charge in [0.1, 0.15) is 5.69 Å². The number of benzene rings is 3. The first kappa shape index (κ1) is 16.7. The van der Waals surface area contributed by atoms with Gasteiger partial charge in [0.05, 0.1) is 16.7 Å². The van der Waals surface area contributed by atoms with E-state index in [9.17, 15) is 0 Å². The minimum Gasteiger partial charge on any atom is -0.255 e. The summed E-state index contributed by atoms with van der Waals surface area (Å²) in [6.45, 7) is 6.38. The molecule has 28 heavy (non-hydrogen) atoms. The van der Waals surface area contributed by atoms with Gasteiger partial charge < -0.3 is 0 Å². The Morgan fingerprint density at radius 3 is 2.21 bits per heavy atom. The molecule has 2 heterocycles. The highest BCUT2D eigenvalue weighted by Crippen LogP contribution is 2.34. The Bertz CT molecular complexity index is 1310. The highest BCUT2D eigenvalue weighted by molar-refractivity contribution is 6.09. The molecule has 0 atom stereocenters. The highest BCUT2D eigenvalue weighted by Gasteiger charge is 2.17. The Balaban J connectivity index is 1.92. The summed E-state index contributed by atoms with van der Waals surface area (Å²) in [5.41, 5.74) is 8.99. The molecule has 0 N–H and O–H groups in total. The van der Waals surface area contributed by atoms with Crippen LogP contribution in [-0.2, 0) is 0 Å². The zero-order valence-electron chi connectivity index (χ0n) is 16.3. The van der Waals surface area contributed by atoms with Crippen LogP contribution in [0.4, 0.5) is 0 Å². The van der Waals surface area contributed by atoms with Gasteiger partial charge in [0.25, 0.3) is 0 Å². The van der Waals surface area contributed by atoms with Gasteiger partial charge >= 0.3 is 0 Å². The summed E-state index contributed by atoms with van der Waals surface area (Å²) in [6.07, 6.45) is 1.97. The fourth-order valence-corrected chi connectivity index (χ4v) is 3.72. The second-order valence-corrected chi connectivity index (χ2v) is 7.44. The van der Waals surface area contributed by atoms with Gasteiger partial charge in [-0.2, -0.15) is 5.10 Å². The summed E-state index contributed by atoms with van der Waals surface area (Å²) in [7, 11) is 0. The lowest BCUT2D eigenvalue weighted by atomic mass is 10.0. The maximum atomic E-state index is 5.04. The van der Waals surface area contributed by atoms with Crippen LogP contribution < -0.4 is 0 Å². The van der Waals surface area contributed by atoms with Crippen LogP contribution in [0.3, 0.4) is 0 Å². The van der Waals surface area contributed by atoms with Crippen molar-refractivity contribution >= 4 is 21.8 Å². The van der Waals surface area contributed by atoms with Gasteiger partial charge in [0.2, 0.25) is 0 Å². The van der Waals surface area contributed by atoms with E-state index in [1.165, 1.54) is 16.7 Å². The fourth-order valence-electron chi connectivity index (χ4n) is 3.72. The lowest BCUT2D eigenvalue weighted by Gasteiger charge is -2.08. The molecule has 5 aromatic rings. The Hall–Kier alpha value is -3.46. The first-order valence-corrected chi connectivity index (χ1v) is 9.53. The Labute approximate surface area is 164 Å². The molecule has 0 spiro atoms. The van der Waals surface area contributed by atoms with Crippen molar-refractivity contribution in [1.82, 2.24) is 14.8 Å². The molecule has 0 aliphatic heterocycles. The van der Waals surface area contributed by atoms with Crippen LogP contribution in [0.25, 0.3) is 38.8 Å². The summed E-state index contributed by atoms with van der Waals surface area (Å²) in [5, 5.41) is 7.25. The van der Waals surface area contributed by atoms with Crippen molar-refractivity contribution in [3.8, 4) is 16.9 Å². The normalized spacial score (nSPS) is 11.4. The third kappa shape index (κ3) is 2.59. The summed E-state index contributed by atoms with van der Waals surface area (Å²) in [6, 6.07) is 23.3. The number of hydrogen-bond donors (Lipinski definition) is 0. The molecule has 2 aromatic heterocycles. The average Bonchev–Trinajstić information content (AvgIpc) is 3.10. The third-order valence-corrected chi connectivity index (χ3v) is 5.45. The summed E-state index contributed by atoms with van der Waals surface area (Å²) in [4.78, 5) is 4.77. The van der Waals surface area contributed by atoms with Gasteiger partial charge in [-0.15, -0.1) is 0 Å². The zero-order valence-corrected chi connectivity index (χ0v) is 16.3. The van der Waals surface area contributed by atoms with Crippen LogP contribution in [0.1, 0.15) is 16.7 Å². The molecule has 0 unspecified atom stereocenters. The van der Waals surface area contributed by atoms with Crippen molar-refractivity contribution in [2.45, 2.75) is 20.8 Å². The number of nitrogens with zero attached hydrogens (tertiary/aromatic N) is 3. The molecular weight excluding hydrogens is 342 g/mol. The van der Waals surface area contributed by atoms with Crippen molar-refractivity contribution in [1.29, 1.82) is 0 Å². The van der Waals surface area contributed by atoms with Crippen molar-refractivity contribution in [3.63, 3.8) is 0 Å². The van der Waals surface area contributed by atoms with E-state index in [1.54, 1.807) is 0 Å². The monoisotopic (exact) mass is 363 g/mol. The predicted molar refractivity (Wildman–Crippen MR) is 116 cm³/mol. The van der Waals surface area contributed by atoms with Gasteiger partial charge in [-0.05, 0) is 56.2 Å². The Morgan fingerprint density at radius 2 is 1.46 bits per heavy atom. The predicted octanol–water partition coefficient (Wildman–Crippen LogP) is 6.17. The molecule has 0 saturated heterocycles. The SMILES string of the molecule is Cc1ccc(-c2nn(-c3ccccc3)c3c2cnc2cc(C)c(C)cc23)cc1. The van der Waals surface area contributed by atoms with Gasteiger partial charge in [-0.25, -0.2) is 4.68 Å². The maximum Gasteiger partial charge on any atom is 0.102 e. The van der Waals surface area contributed by atoms with Crippen molar-refractivity contribution < 1.29 is 0 Å². The number of aryl methyl sites for hydroxylation is 3. The third-order valence-electron chi connectivity index (χ3n) is 5.45. The first-order chi connectivity index (χ1) is 13.6. The van der Waals surface area contributed by atoms with Crippen molar-refractivity contribution in [2.75, 3.05) is 0 Å². The highest BCUT2D eigenvalue weighted by atomic mass is 15.3. The Kier molecular flexibility index (Phi) is 3.76. The minimum atomic E-state index is 0.964. The van der Waals surface area contributed by atoms with Gasteiger partial charge in [0.15, 0.2) is 0 Å². The molecule has 0 fully saturated rings. The summed E-state index contributed by atoms with van der Waals surface area (Å²) >= 11 is 0. The number of hydrogen-bond acceptors (Lipinski definition) is 2. The van der Waals surface area contributed by atoms with E-state index in [0.29, 0.717) is 0 Å². The lowest BCUT2D eigenvalue weighted by Crippen LogP contribution is -1.97. The second-order valence-electron chi connectivity index (χ2n) is 7.44. The number of para-hydroxylation sites is 1. The van der Waals surface area contributed by atoms with Gasteiger partial charge in [-0.3, -0.25) is 4.98 Å². The molecule has 5 rings (SSSR count). The van der Waals surface area contributed by atoms with E-state index in [-0.39, 0.29) is 0 Å². The molecule has 0 bridgehead atoms. The molecule has 3 heteroatoms. The largest absolute Gasteiger partial charge is 0.255 e. The summed E-state index contributed by atoms with van der Waals surface area (Å²) < 4.78 is 2.06. The average molecular weight is 363 g/mol. The van der Waals surface area contributed by atoms with Gasteiger partial charge in [0, 0.05) is 22.5 Å². The topological polar surface area (TPSA) is 30.7 Å². The summed E-state index contributed by atoms with van der Waals surface area (Å²) in [5.74, 6) is 0. The van der Waals surface area contributed by atoms with Crippen LogP contribution >= 0.6 is 0 Å². The van der Waals surface area contributed by atoms with E-state index < -0.39 is 0 Å². The molecule has 0 aliphatic carbocycles. The quantitative estimate of drug-likeness (QED) is 0.376. The van der Waals surface area contributed by atoms with Crippen LogP contribution in [0.2, 0.25) is 0 Å². The molecule has 3 nitrogen and oxygen atoms in total. The van der Waals surface area contributed by atoms with Crippen LogP contribution in [0.15, 0.2) is 72.9 Å². The molecule has 0 radical (unpaired) electrons. The smallest absolute Gasteiger partial charge is 0.102 e. The number of aromatic nitrogens is 3. The first-order valence-electron chi connectivity index (χ1n) is 9.53. The van der Waals surface area contributed by atoms with E-state index in [0.717, 1.165) is 38.8 Å². The van der Waals surface area contributed by atoms with E-state index in [4.69, 9.17) is 10.1 Å². The molecule has 0 saturated carbocycles. The standard InChI is InChI=1S/C25H21N3/c1-16-9-11-19(12-10-16)24-22-15-26-23-14-18(3)17(2)13-21(23)25(22)28(27-24)20-7-5-4-6-8-20/h4-15H,1-3H3. The lowest BCUT2D eigenvalue weighted by molar-refractivity contribution is 0.917.